The highest BCUT2D eigenvalue weighted by atomic mass is 19.1. The Morgan fingerprint density at radius 3 is 2.75 bits per heavy atom. The van der Waals surface area contributed by atoms with Gasteiger partial charge < -0.3 is 5.73 Å². The van der Waals surface area contributed by atoms with Gasteiger partial charge in [0.05, 0.1) is 0 Å². The summed E-state index contributed by atoms with van der Waals surface area (Å²) in [4.78, 5) is 2.50. The van der Waals surface area contributed by atoms with Crippen LogP contribution < -0.4 is 5.73 Å². The lowest BCUT2D eigenvalue weighted by Gasteiger charge is -2.48. The van der Waals surface area contributed by atoms with Crippen molar-refractivity contribution in [2.45, 2.75) is 45.6 Å². The van der Waals surface area contributed by atoms with Crippen molar-refractivity contribution in [2.24, 2.45) is 11.1 Å². The molecule has 1 atom stereocenters. The predicted octanol–water partition coefficient (Wildman–Crippen LogP) is 3.21. The van der Waals surface area contributed by atoms with Gasteiger partial charge in [-0.05, 0) is 55.8 Å². The Morgan fingerprint density at radius 2 is 2.15 bits per heavy atom. The summed E-state index contributed by atoms with van der Waals surface area (Å²) >= 11 is 0. The molecule has 1 aromatic carbocycles. The summed E-state index contributed by atoms with van der Waals surface area (Å²) in [5.41, 5.74) is 7.36. The van der Waals surface area contributed by atoms with E-state index >= 15 is 0 Å². The van der Waals surface area contributed by atoms with Gasteiger partial charge in [0.2, 0.25) is 0 Å². The number of benzene rings is 1. The first-order chi connectivity index (χ1) is 9.35. The molecule has 0 aliphatic carbocycles. The second-order valence-corrected chi connectivity index (χ2v) is 7.20. The minimum Gasteiger partial charge on any atom is -0.329 e. The first kappa shape index (κ1) is 15.5. The van der Waals surface area contributed by atoms with Crippen LogP contribution >= 0.6 is 0 Å². The monoisotopic (exact) mass is 278 g/mol. The van der Waals surface area contributed by atoms with E-state index in [-0.39, 0.29) is 11.4 Å². The number of likely N-dealkylation sites (tertiary alicyclic amines) is 1. The van der Waals surface area contributed by atoms with E-state index in [1.165, 1.54) is 18.9 Å². The zero-order valence-corrected chi connectivity index (χ0v) is 13.0. The summed E-state index contributed by atoms with van der Waals surface area (Å²) in [6, 6.07) is 6.89. The van der Waals surface area contributed by atoms with Gasteiger partial charge in [-0.1, -0.05) is 26.0 Å². The Labute approximate surface area is 122 Å². The van der Waals surface area contributed by atoms with E-state index < -0.39 is 0 Å². The Kier molecular flexibility index (Phi) is 4.50. The summed E-state index contributed by atoms with van der Waals surface area (Å²) in [5.74, 6) is -0.166. The van der Waals surface area contributed by atoms with Crippen LogP contribution in [0.25, 0.3) is 0 Å². The average molecular weight is 278 g/mol. The van der Waals surface area contributed by atoms with Crippen LogP contribution in [0.15, 0.2) is 24.3 Å². The van der Waals surface area contributed by atoms with E-state index in [9.17, 15) is 4.39 Å². The minimum atomic E-state index is -0.166. The Balaban J connectivity index is 2.16. The van der Waals surface area contributed by atoms with Gasteiger partial charge in [0.1, 0.15) is 5.82 Å². The molecule has 0 saturated carbocycles. The van der Waals surface area contributed by atoms with E-state index in [0.717, 1.165) is 25.1 Å². The summed E-state index contributed by atoms with van der Waals surface area (Å²) in [6.07, 6.45) is 3.28. The number of piperidine rings is 1. The third-order valence-corrected chi connectivity index (χ3v) is 4.58. The Morgan fingerprint density at radius 1 is 1.40 bits per heavy atom. The summed E-state index contributed by atoms with van der Waals surface area (Å²) in [5, 5.41) is 0. The number of rotatable bonds is 4. The molecule has 0 aromatic heterocycles. The van der Waals surface area contributed by atoms with Crippen molar-refractivity contribution in [3.63, 3.8) is 0 Å². The molecule has 2 nitrogen and oxygen atoms in total. The van der Waals surface area contributed by atoms with Gasteiger partial charge in [-0.15, -0.1) is 0 Å². The van der Waals surface area contributed by atoms with Gasteiger partial charge in [-0.3, -0.25) is 4.90 Å². The van der Waals surface area contributed by atoms with Crippen molar-refractivity contribution in [2.75, 3.05) is 19.6 Å². The van der Waals surface area contributed by atoms with E-state index in [2.05, 4.69) is 25.7 Å². The van der Waals surface area contributed by atoms with Crippen LogP contribution in [0.3, 0.4) is 0 Å². The van der Waals surface area contributed by atoms with Crippen molar-refractivity contribution in [3.05, 3.63) is 35.6 Å². The van der Waals surface area contributed by atoms with Gasteiger partial charge in [-0.2, -0.15) is 0 Å². The molecule has 20 heavy (non-hydrogen) atoms. The second kappa shape index (κ2) is 5.82. The lowest BCUT2D eigenvalue weighted by molar-refractivity contribution is 0.0283. The largest absolute Gasteiger partial charge is 0.329 e. The fraction of sp³-hybridized carbons (Fsp3) is 0.647. The molecule has 1 fully saturated rings. The first-order valence-electron chi connectivity index (χ1n) is 7.54. The van der Waals surface area contributed by atoms with Crippen molar-refractivity contribution in [3.8, 4) is 0 Å². The molecule has 0 amide bonds. The fourth-order valence-corrected chi connectivity index (χ4v) is 3.28. The minimum absolute atomic E-state index is 0.0918. The number of hydrogen-bond donors (Lipinski definition) is 1. The maximum atomic E-state index is 13.4. The molecule has 1 unspecified atom stereocenters. The number of nitrogens with zero attached hydrogens (tertiary/aromatic N) is 1. The molecule has 1 aromatic rings. The second-order valence-electron chi connectivity index (χ2n) is 7.20. The van der Waals surface area contributed by atoms with Crippen LogP contribution in [0.4, 0.5) is 4.39 Å². The van der Waals surface area contributed by atoms with Gasteiger partial charge in [0.25, 0.3) is 0 Å². The molecule has 1 heterocycles. The molecule has 0 bridgehead atoms. The van der Waals surface area contributed by atoms with Crippen LogP contribution in [-0.4, -0.2) is 30.1 Å². The van der Waals surface area contributed by atoms with E-state index in [4.69, 9.17) is 5.73 Å². The van der Waals surface area contributed by atoms with Gasteiger partial charge in [0, 0.05) is 18.6 Å². The van der Waals surface area contributed by atoms with E-state index in [1.54, 1.807) is 12.1 Å². The molecule has 1 saturated heterocycles. The number of nitrogens with two attached hydrogens (primary N) is 1. The molecule has 1 aliphatic heterocycles. The van der Waals surface area contributed by atoms with Crippen molar-refractivity contribution >= 4 is 0 Å². The molecule has 112 valence electrons. The Bertz CT molecular complexity index is 458. The lowest BCUT2D eigenvalue weighted by Crippen LogP contribution is -2.57. The molecule has 0 radical (unpaired) electrons. The molecular weight excluding hydrogens is 251 g/mol. The van der Waals surface area contributed by atoms with Crippen molar-refractivity contribution in [1.29, 1.82) is 0 Å². The third-order valence-electron chi connectivity index (χ3n) is 4.58. The van der Waals surface area contributed by atoms with Crippen LogP contribution in [0, 0.1) is 11.2 Å². The Hall–Kier alpha value is -0.930. The lowest BCUT2D eigenvalue weighted by atomic mass is 9.80. The van der Waals surface area contributed by atoms with Crippen LogP contribution in [0.1, 0.15) is 39.2 Å². The summed E-state index contributed by atoms with van der Waals surface area (Å²) in [6.45, 7) is 9.60. The highest BCUT2D eigenvalue weighted by Gasteiger charge is 2.37. The zero-order chi connectivity index (χ0) is 14.8. The molecular formula is C17H27FN2. The van der Waals surface area contributed by atoms with Crippen molar-refractivity contribution in [1.82, 2.24) is 4.90 Å². The fourth-order valence-electron chi connectivity index (χ4n) is 3.28. The maximum absolute atomic E-state index is 13.4. The number of halogens is 1. The van der Waals surface area contributed by atoms with Crippen molar-refractivity contribution < 1.29 is 4.39 Å². The van der Waals surface area contributed by atoms with Crippen LogP contribution in [0.5, 0.6) is 0 Å². The van der Waals surface area contributed by atoms with Gasteiger partial charge in [0.15, 0.2) is 0 Å². The van der Waals surface area contributed by atoms with E-state index in [0.29, 0.717) is 12.0 Å². The highest BCUT2D eigenvalue weighted by molar-refractivity contribution is 5.19. The van der Waals surface area contributed by atoms with Crippen LogP contribution in [0.2, 0.25) is 0 Å². The van der Waals surface area contributed by atoms with Gasteiger partial charge >= 0.3 is 0 Å². The highest BCUT2D eigenvalue weighted by Crippen LogP contribution is 2.33. The van der Waals surface area contributed by atoms with Gasteiger partial charge in [-0.25, -0.2) is 4.39 Å². The molecule has 0 spiro atoms. The summed E-state index contributed by atoms with van der Waals surface area (Å²) < 4.78 is 13.4. The maximum Gasteiger partial charge on any atom is 0.123 e. The topological polar surface area (TPSA) is 29.3 Å². The van der Waals surface area contributed by atoms with E-state index in [1.807, 2.05) is 6.07 Å². The predicted molar refractivity (Wildman–Crippen MR) is 82.2 cm³/mol. The van der Waals surface area contributed by atoms with Crippen LogP contribution in [-0.2, 0) is 6.42 Å². The molecule has 1 aliphatic rings. The number of hydrogen-bond acceptors (Lipinski definition) is 2. The molecule has 2 rings (SSSR count). The molecule has 3 heteroatoms. The quantitative estimate of drug-likeness (QED) is 0.916. The molecule has 2 N–H and O–H groups in total. The zero-order valence-electron chi connectivity index (χ0n) is 13.0. The first-order valence-corrected chi connectivity index (χ1v) is 7.54. The third kappa shape index (κ3) is 3.58. The SMILES string of the molecule is CC1(C)CCCN(C(C)(CN)Cc2cccc(F)c2)C1. The smallest absolute Gasteiger partial charge is 0.123 e. The normalized spacial score (nSPS) is 22.4. The summed E-state index contributed by atoms with van der Waals surface area (Å²) in [7, 11) is 0. The standard InChI is InChI=1S/C17H27FN2/c1-16(2)8-5-9-20(13-16)17(3,12-19)11-14-6-4-7-15(18)10-14/h4,6-7,10H,5,8-9,11-13,19H2,1-3H3. The average Bonchev–Trinajstić information content (AvgIpc) is 2.37.